The van der Waals surface area contributed by atoms with Crippen molar-refractivity contribution in [3.63, 3.8) is 0 Å². The normalized spacial score (nSPS) is 12.7. The van der Waals surface area contributed by atoms with Gasteiger partial charge in [-0.2, -0.15) is 0 Å². The second kappa shape index (κ2) is 7.52. The second-order valence-electron chi connectivity index (χ2n) is 5.37. The molecule has 2 rings (SSSR count). The lowest BCUT2D eigenvalue weighted by molar-refractivity contribution is -0.254. The molecule has 0 spiro atoms. The molecule has 2 aromatic carbocycles. The summed E-state index contributed by atoms with van der Waals surface area (Å²) in [6.07, 6.45) is 1.30. The Kier molecular flexibility index (Phi) is 5.44. The Hall–Kier alpha value is -2.99. The quantitative estimate of drug-likeness (QED) is 0.706. The molecule has 0 aliphatic rings. The molecular weight excluding hydrogens is 313 g/mol. The zero-order valence-electron chi connectivity index (χ0n) is 12.8. The van der Waals surface area contributed by atoms with Gasteiger partial charge in [-0.05, 0) is 47.9 Å². The van der Waals surface area contributed by atoms with Crippen molar-refractivity contribution >= 4 is 23.7 Å². The zero-order valence-corrected chi connectivity index (χ0v) is 12.8. The van der Waals surface area contributed by atoms with E-state index in [1.807, 2.05) is 0 Å². The van der Waals surface area contributed by atoms with Crippen molar-refractivity contribution in [3.8, 4) is 0 Å². The predicted octanol–water partition coefficient (Wildman–Crippen LogP) is 2.11. The van der Waals surface area contributed by atoms with Crippen LogP contribution in [0.25, 0.3) is 6.08 Å². The Bertz CT molecular complexity index is 767. The van der Waals surface area contributed by atoms with Crippen LogP contribution >= 0.6 is 0 Å². The number of quaternary nitrogens is 1. The minimum Gasteiger partial charge on any atom is -0.481 e. The highest BCUT2D eigenvalue weighted by atomic mass is 19.1. The van der Waals surface area contributed by atoms with Gasteiger partial charge in [0.1, 0.15) is 11.5 Å². The minimum absolute atomic E-state index is 0.0366. The van der Waals surface area contributed by atoms with E-state index in [-0.39, 0.29) is 12.0 Å². The fourth-order valence-corrected chi connectivity index (χ4v) is 2.29. The van der Waals surface area contributed by atoms with Crippen molar-refractivity contribution < 1.29 is 29.9 Å². The van der Waals surface area contributed by atoms with Crippen molar-refractivity contribution in [1.29, 1.82) is 0 Å². The molecule has 0 saturated heterocycles. The molecular formula is C18H17FNO4+. The number of aliphatic carboxylic acids is 2. The summed E-state index contributed by atoms with van der Waals surface area (Å²) in [5.41, 5.74) is 5.40. The van der Waals surface area contributed by atoms with Crippen molar-refractivity contribution in [2.45, 2.75) is 6.42 Å². The Morgan fingerprint density at radius 2 is 1.62 bits per heavy atom. The summed E-state index contributed by atoms with van der Waals surface area (Å²) in [5, 5.41) is 18.9. The maximum atomic E-state index is 13.0. The molecule has 0 fully saturated rings. The first kappa shape index (κ1) is 17.4. The molecule has 1 atom stereocenters. The van der Waals surface area contributed by atoms with Gasteiger partial charge in [-0.1, -0.05) is 24.3 Å². The van der Waals surface area contributed by atoms with Crippen LogP contribution in [0.15, 0.2) is 54.1 Å². The number of carbonyl (C=O) groups is 2. The highest BCUT2D eigenvalue weighted by molar-refractivity contribution is 5.98. The fraction of sp³-hybridized carbons (Fsp3) is 0.111. The number of halogens is 1. The SMILES string of the molecule is [NH3+]c1ccc(CC(C(=O)O)/C(=C/c2ccc(F)cc2)C(=O)O)cc1. The van der Waals surface area contributed by atoms with E-state index in [1.54, 1.807) is 24.3 Å². The van der Waals surface area contributed by atoms with E-state index in [0.29, 0.717) is 11.1 Å². The van der Waals surface area contributed by atoms with E-state index in [0.717, 1.165) is 5.69 Å². The molecule has 24 heavy (non-hydrogen) atoms. The Morgan fingerprint density at radius 3 is 2.12 bits per heavy atom. The van der Waals surface area contributed by atoms with E-state index >= 15 is 0 Å². The van der Waals surface area contributed by atoms with Crippen LogP contribution in [-0.4, -0.2) is 22.2 Å². The summed E-state index contributed by atoms with van der Waals surface area (Å²) in [6.45, 7) is 0. The highest BCUT2D eigenvalue weighted by Gasteiger charge is 2.27. The van der Waals surface area contributed by atoms with Gasteiger partial charge in [-0.15, -0.1) is 0 Å². The third kappa shape index (κ3) is 4.50. The molecule has 0 heterocycles. The summed E-state index contributed by atoms with van der Waals surface area (Å²) in [4.78, 5) is 23.1. The molecule has 0 amide bonds. The summed E-state index contributed by atoms with van der Waals surface area (Å²) < 4.78 is 13.0. The van der Waals surface area contributed by atoms with E-state index < -0.39 is 23.7 Å². The molecule has 5 nitrogen and oxygen atoms in total. The zero-order chi connectivity index (χ0) is 17.7. The number of carboxylic acids is 2. The van der Waals surface area contributed by atoms with Gasteiger partial charge < -0.3 is 15.9 Å². The van der Waals surface area contributed by atoms with Crippen LogP contribution in [0.5, 0.6) is 0 Å². The molecule has 1 unspecified atom stereocenters. The van der Waals surface area contributed by atoms with Crippen molar-refractivity contribution in [3.05, 3.63) is 71.0 Å². The standard InChI is InChI=1S/C18H16FNO4/c19-13-5-1-11(2-6-13)9-15(17(21)22)16(18(23)24)10-12-3-7-14(20)8-4-12/h1-9,16H,10,20H2,(H,21,22)(H,23,24)/p+1/b15-9-. The van der Waals surface area contributed by atoms with Crippen LogP contribution < -0.4 is 5.73 Å². The summed E-state index contributed by atoms with van der Waals surface area (Å²) in [5.74, 6) is -4.22. The minimum atomic E-state index is -1.32. The van der Waals surface area contributed by atoms with Gasteiger partial charge in [0.25, 0.3) is 0 Å². The van der Waals surface area contributed by atoms with Gasteiger partial charge in [-0.3, -0.25) is 4.79 Å². The smallest absolute Gasteiger partial charge is 0.332 e. The molecule has 0 saturated carbocycles. The van der Waals surface area contributed by atoms with Crippen molar-refractivity contribution in [1.82, 2.24) is 0 Å². The first-order valence-electron chi connectivity index (χ1n) is 7.21. The Balaban J connectivity index is 2.36. The van der Waals surface area contributed by atoms with Crippen LogP contribution in [0, 0.1) is 11.7 Å². The average molecular weight is 330 g/mol. The number of hydrogen-bond donors (Lipinski definition) is 3. The molecule has 0 aromatic heterocycles. The van der Waals surface area contributed by atoms with Gasteiger partial charge in [0.15, 0.2) is 0 Å². The van der Waals surface area contributed by atoms with Gasteiger partial charge in [0.05, 0.1) is 11.5 Å². The molecule has 5 N–H and O–H groups in total. The lowest BCUT2D eigenvalue weighted by atomic mass is 9.90. The molecule has 6 heteroatoms. The van der Waals surface area contributed by atoms with Gasteiger partial charge in [-0.25, -0.2) is 9.18 Å². The second-order valence-corrected chi connectivity index (χ2v) is 5.37. The van der Waals surface area contributed by atoms with Crippen LogP contribution in [0.2, 0.25) is 0 Å². The summed E-state index contributed by atoms with van der Waals surface area (Å²) >= 11 is 0. The molecule has 2 aromatic rings. The summed E-state index contributed by atoms with van der Waals surface area (Å²) in [7, 11) is 0. The third-order valence-electron chi connectivity index (χ3n) is 3.58. The topological polar surface area (TPSA) is 102 Å². The molecule has 0 radical (unpaired) electrons. The number of benzene rings is 2. The predicted molar refractivity (Wildman–Crippen MR) is 85.8 cm³/mol. The van der Waals surface area contributed by atoms with Crippen LogP contribution in [0.1, 0.15) is 11.1 Å². The van der Waals surface area contributed by atoms with E-state index in [9.17, 15) is 24.2 Å². The fourth-order valence-electron chi connectivity index (χ4n) is 2.29. The maximum Gasteiger partial charge on any atom is 0.332 e. The largest absolute Gasteiger partial charge is 0.481 e. The number of rotatable bonds is 6. The molecule has 0 bridgehead atoms. The van der Waals surface area contributed by atoms with E-state index in [2.05, 4.69) is 5.73 Å². The number of hydrogen-bond acceptors (Lipinski definition) is 2. The van der Waals surface area contributed by atoms with Crippen LogP contribution in [-0.2, 0) is 16.0 Å². The monoisotopic (exact) mass is 330 g/mol. The first-order chi connectivity index (χ1) is 11.4. The third-order valence-corrected chi connectivity index (χ3v) is 3.58. The molecule has 0 aliphatic carbocycles. The Labute approximate surface area is 137 Å². The van der Waals surface area contributed by atoms with Crippen LogP contribution in [0.4, 0.5) is 10.1 Å². The lowest BCUT2D eigenvalue weighted by Crippen LogP contribution is -2.39. The first-order valence-corrected chi connectivity index (χ1v) is 7.21. The Morgan fingerprint density at radius 1 is 1.04 bits per heavy atom. The molecule has 124 valence electrons. The number of carboxylic acid groups (broad SMARTS) is 2. The summed E-state index contributed by atoms with van der Waals surface area (Å²) in [6, 6.07) is 12.1. The van der Waals surface area contributed by atoms with Crippen LogP contribution in [0.3, 0.4) is 0 Å². The average Bonchev–Trinajstić information content (AvgIpc) is 2.54. The maximum absolute atomic E-state index is 13.0. The van der Waals surface area contributed by atoms with Crippen molar-refractivity contribution in [2.24, 2.45) is 5.92 Å². The molecule has 0 aliphatic heterocycles. The van der Waals surface area contributed by atoms with Gasteiger partial charge >= 0.3 is 11.9 Å². The van der Waals surface area contributed by atoms with Gasteiger partial charge in [0, 0.05) is 0 Å². The van der Waals surface area contributed by atoms with Gasteiger partial charge in [0.2, 0.25) is 0 Å². The highest BCUT2D eigenvalue weighted by Crippen LogP contribution is 2.22. The van der Waals surface area contributed by atoms with E-state index in [4.69, 9.17) is 0 Å². The van der Waals surface area contributed by atoms with E-state index in [1.165, 1.54) is 30.3 Å². The lowest BCUT2D eigenvalue weighted by Gasteiger charge is -2.14. The van der Waals surface area contributed by atoms with Crippen molar-refractivity contribution in [2.75, 3.05) is 0 Å².